The standard InChI is InChI=1S/C18H29N3O.2ClH/c1-13-6-5-7-15(12-13)20-14-8-10-21(11-9-14)17(22)16(19)18(2,3)4;;/h5-7,12,14,16,20H,8-11,19H2,1-4H3;2*1H/t16-;;/m1../s1. The average molecular weight is 376 g/mol. The molecular weight excluding hydrogens is 345 g/mol. The normalized spacial score (nSPS) is 16.6. The molecule has 0 aromatic heterocycles. The molecule has 24 heavy (non-hydrogen) atoms. The molecule has 1 aliphatic rings. The first-order valence-electron chi connectivity index (χ1n) is 8.15. The number of carbonyl (C=O) groups is 1. The average Bonchev–Trinajstić information content (AvgIpc) is 2.45. The summed E-state index contributed by atoms with van der Waals surface area (Å²) in [5.41, 5.74) is 8.33. The van der Waals surface area contributed by atoms with Gasteiger partial charge in [-0.3, -0.25) is 4.79 Å². The number of aryl methyl sites for hydroxylation is 1. The number of piperidine rings is 1. The Balaban J connectivity index is 0.00000264. The molecule has 0 bridgehead atoms. The second kappa shape index (κ2) is 9.50. The van der Waals surface area contributed by atoms with E-state index in [4.69, 9.17) is 5.73 Å². The number of amides is 1. The van der Waals surface area contributed by atoms with Gasteiger partial charge in [-0.1, -0.05) is 32.9 Å². The summed E-state index contributed by atoms with van der Waals surface area (Å²) in [5.74, 6) is 0.0847. The third-order valence-electron chi connectivity index (χ3n) is 4.39. The lowest BCUT2D eigenvalue weighted by Gasteiger charge is -2.37. The second-order valence-electron chi connectivity index (χ2n) is 7.46. The summed E-state index contributed by atoms with van der Waals surface area (Å²) in [6, 6.07) is 8.43. The van der Waals surface area contributed by atoms with Crippen molar-refractivity contribution in [2.24, 2.45) is 11.1 Å². The molecule has 4 nitrogen and oxygen atoms in total. The van der Waals surface area contributed by atoms with E-state index in [1.165, 1.54) is 5.56 Å². The first-order valence-corrected chi connectivity index (χ1v) is 8.15. The molecule has 0 spiro atoms. The maximum absolute atomic E-state index is 12.4. The van der Waals surface area contributed by atoms with Gasteiger partial charge in [0.25, 0.3) is 0 Å². The van der Waals surface area contributed by atoms with Crippen LogP contribution in [-0.2, 0) is 4.79 Å². The highest BCUT2D eigenvalue weighted by atomic mass is 35.5. The van der Waals surface area contributed by atoms with Crippen LogP contribution in [0.1, 0.15) is 39.2 Å². The second-order valence-corrected chi connectivity index (χ2v) is 7.46. The highest BCUT2D eigenvalue weighted by molar-refractivity contribution is 5.85. The van der Waals surface area contributed by atoms with Crippen LogP contribution >= 0.6 is 24.8 Å². The molecule has 1 aromatic rings. The zero-order chi connectivity index (χ0) is 16.3. The Morgan fingerprint density at radius 3 is 2.33 bits per heavy atom. The van der Waals surface area contributed by atoms with Crippen molar-refractivity contribution in [3.8, 4) is 0 Å². The lowest BCUT2D eigenvalue weighted by molar-refractivity contribution is -0.135. The van der Waals surface area contributed by atoms with Gasteiger partial charge in [0.15, 0.2) is 0 Å². The topological polar surface area (TPSA) is 58.4 Å². The van der Waals surface area contributed by atoms with E-state index in [1.807, 2.05) is 25.7 Å². The minimum absolute atomic E-state index is 0. The van der Waals surface area contributed by atoms with E-state index in [9.17, 15) is 4.79 Å². The molecule has 1 aromatic carbocycles. The predicted octanol–water partition coefficient (Wildman–Crippen LogP) is 3.61. The zero-order valence-electron chi connectivity index (χ0n) is 15.0. The van der Waals surface area contributed by atoms with Gasteiger partial charge >= 0.3 is 0 Å². The number of benzene rings is 1. The minimum atomic E-state index is -0.422. The number of nitrogens with one attached hydrogen (secondary N) is 1. The van der Waals surface area contributed by atoms with Crippen LogP contribution in [0, 0.1) is 12.3 Å². The SMILES string of the molecule is Cc1cccc(NC2CCN(C(=O)[C@@H](N)C(C)(C)C)CC2)c1.Cl.Cl. The number of halogens is 2. The predicted molar refractivity (Wildman–Crippen MR) is 106 cm³/mol. The minimum Gasteiger partial charge on any atom is -0.382 e. The van der Waals surface area contributed by atoms with Crippen LogP contribution in [0.25, 0.3) is 0 Å². The molecule has 1 heterocycles. The van der Waals surface area contributed by atoms with E-state index in [0.29, 0.717) is 6.04 Å². The highest BCUT2D eigenvalue weighted by Crippen LogP contribution is 2.22. The maximum atomic E-state index is 12.4. The molecule has 1 fully saturated rings. The Bertz CT molecular complexity index is 523. The van der Waals surface area contributed by atoms with Crippen LogP contribution < -0.4 is 11.1 Å². The van der Waals surface area contributed by atoms with Crippen LogP contribution in [0.15, 0.2) is 24.3 Å². The van der Waals surface area contributed by atoms with Gasteiger partial charge < -0.3 is 16.0 Å². The molecule has 6 heteroatoms. The first-order chi connectivity index (χ1) is 10.3. The van der Waals surface area contributed by atoms with Crippen LogP contribution in [0.3, 0.4) is 0 Å². The number of anilines is 1. The number of carbonyl (C=O) groups excluding carboxylic acids is 1. The number of nitrogens with two attached hydrogens (primary N) is 1. The molecule has 1 amide bonds. The van der Waals surface area contributed by atoms with E-state index >= 15 is 0 Å². The summed E-state index contributed by atoms with van der Waals surface area (Å²) in [5, 5.41) is 3.57. The summed E-state index contributed by atoms with van der Waals surface area (Å²) < 4.78 is 0. The Hall–Kier alpha value is -0.970. The van der Waals surface area contributed by atoms with Crippen molar-refractivity contribution in [1.29, 1.82) is 0 Å². The third kappa shape index (κ3) is 6.15. The van der Waals surface area contributed by atoms with Crippen LogP contribution in [-0.4, -0.2) is 36.0 Å². The molecule has 1 atom stereocenters. The van der Waals surface area contributed by atoms with E-state index in [1.54, 1.807) is 0 Å². The van der Waals surface area contributed by atoms with Crippen molar-refractivity contribution in [3.05, 3.63) is 29.8 Å². The summed E-state index contributed by atoms with van der Waals surface area (Å²) in [4.78, 5) is 14.4. The molecule has 1 saturated heterocycles. The van der Waals surface area contributed by atoms with Crippen molar-refractivity contribution in [2.75, 3.05) is 18.4 Å². The quantitative estimate of drug-likeness (QED) is 0.847. The summed E-state index contributed by atoms with van der Waals surface area (Å²) >= 11 is 0. The molecule has 0 radical (unpaired) electrons. The van der Waals surface area contributed by atoms with Gasteiger partial charge in [0.05, 0.1) is 6.04 Å². The fraction of sp³-hybridized carbons (Fsp3) is 0.611. The third-order valence-corrected chi connectivity index (χ3v) is 4.39. The molecule has 2 rings (SSSR count). The number of rotatable bonds is 3. The zero-order valence-corrected chi connectivity index (χ0v) is 16.7. The van der Waals surface area contributed by atoms with Gasteiger partial charge in [0.1, 0.15) is 0 Å². The molecule has 0 aliphatic carbocycles. The van der Waals surface area contributed by atoms with Crippen LogP contribution in [0.4, 0.5) is 5.69 Å². The maximum Gasteiger partial charge on any atom is 0.240 e. The Morgan fingerprint density at radius 2 is 1.83 bits per heavy atom. The smallest absolute Gasteiger partial charge is 0.240 e. The van der Waals surface area contributed by atoms with Gasteiger partial charge in [-0.2, -0.15) is 0 Å². The number of hydrogen-bond donors (Lipinski definition) is 2. The van der Waals surface area contributed by atoms with E-state index in [0.717, 1.165) is 31.6 Å². The summed E-state index contributed by atoms with van der Waals surface area (Å²) in [7, 11) is 0. The molecule has 1 aliphatic heterocycles. The fourth-order valence-corrected chi connectivity index (χ4v) is 2.78. The van der Waals surface area contributed by atoms with Crippen molar-refractivity contribution in [3.63, 3.8) is 0 Å². The Morgan fingerprint density at radius 1 is 1.25 bits per heavy atom. The lowest BCUT2D eigenvalue weighted by atomic mass is 9.86. The van der Waals surface area contributed by atoms with Crippen molar-refractivity contribution in [1.82, 2.24) is 4.90 Å². The fourth-order valence-electron chi connectivity index (χ4n) is 2.78. The number of likely N-dealkylation sites (tertiary alicyclic amines) is 1. The van der Waals surface area contributed by atoms with E-state index in [-0.39, 0.29) is 36.1 Å². The van der Waals surface area contributed by atoms with E-state index in [2.05, 4.69) is 36.5 Å². The first kappa shape index (κ1) is 23.0. The molecule has 0 unspecified atom stereocenters. The number of hydrogen-bond acceptors (Lipinski definition) is 3. The van der Waals surface area contributed by atoms with Crippen LogP contribution in [0.2, 0.25) is 0 Å². The molecular formula is C18H31Cl2N3O. The highest BCUT2D eigenvalue weighted by Gasteiger charge is 2.32. The van der Waals surface area contributed by atoms with Crippen molar-refractivity contribution >= 4 is 36.4 Å². The van der Waals surface area contributed by atoms with Gasteiger partial charge in [0.2, 0.25) is 5.91 Å². The molecule has 0 saturated carbocycles. The summed E-state index contributed by atoms with van der Waals surface area (Å²) in [6.45, 7) is 9.71. The van der Waals surface area contributed by atoms with Crippen LogP contribution in [0.5, 0.6) is 0 Å². The van der Waals surface area contributed by atoms with Crippen molar-refractivity contribution < 1.29 is 4.79 Å². The lowest BCUT2D eigenvalue weighted by Crippen LogP contribution is -2.53. The Kier molecular flexibility index (Phi) is 9.11. The Labute approximate surface area is 158 Å². The van der Waals surface area contributed by atoms with Gasteiger partial charge in [-0.15, -0.1) is 24.8 Å². The largest absolute Gasteiger partial charge is 0.382 e. The monoisotopic (exact) mass is 375 g/mol. The van der Waals surface area contributed by atoms with E-state index < -0.39 is 6.04 Å². The van der Waals surface area contributed by atoms with Crippen molar-refractivity contribution in [2.45, 2.75) is 52.6 Å². The van der Waals surface area contributed by atoms with Gasteiger partial charge in [0, 0.05) is 24.8 Å². The molecule has 3 N–H and O–H groups in total. The van der Waals surface area contributed by atoms with Gasteiger partial charge in [-0.25, -0.2) is 0 Å². The summed E-state index contributed by atoms with van der Waals surface area (Å²) in [6.07, 6.45) is 1.94. The molecule has 138 valence electrons. The number of nitrogens with zero attached hydrogens (tertiary/aromatic N) is 1. The van der Waals surface area contributed by atoms with Gasteiger partial charge in [-0.05, 0) is 42.9 Å².